The van der Waals surface area contributed by atoms with E-state index in [1.807, 2.05) is 18.2 Å². The summed E-state index contributed by atoms with van der Waals surface area (Å²) in [6.45, 7) is 2.13. The molecule has 0 aliphatic heterocycles. The molecule has 114 valence electrons. The number of nitrogens with one attached hydrogen (secondary N) is 1. The lowest BCUT2D eigenvalue weighted by Gasteiger charge is -2.24. The third-order valence-corrected chi connectivity index (χ3v) is 4.49. The molecule has 1 aliphatic rings. The van der Waals surface area contributed by atoms with Gasteiger partial charge < -0.3 is 15.8 Å². The quantitative estimate of drug-likeness (QED) is 0.446. The van der Waals surface area contributed by atoms with Gasteiger partial charge in [0.2, 0.25) is 0 Å². The van der Waals surface area contributed by atoms with Gasteiger partial charge in [0.15, 0.2) is 0 Å². The maximum absolute atomic E-state index is 10.9. The highest BCUT2D eigenvalue weighted by molar-refractivity contribution is 9.11. The smallest absolute Gasteiger partial charge is 0.303 e. The van der Waals surface area contributed by atoms with Crippen molar-refractivity contribution in [3.8, 4) is 0 Å². The second-order valence-electron chi connectivity index (χ2n) is 5.06. The zero-order valence-electron chi connectivity index (χ0n) is 11.7. The van der Waals surface area contributed by atoms with E-state index in [1.54, 1.807) is 0 Å². The fourth-order valence-corrected chi connectivity index (χ4v) is 3.61. The van der Waals surface area contributed by atoms with E-state index in [0.29, 0.717) is 6.54 Å². The Kier molecular flexibility index (Phi) is 5.84. The first kappa shape index (κ1) is 16.5. The van der Waals surface area contributed by atoms with Gasteiger partial charge in [0.25, 0.3) is 0 Å². The molecule has 0 amide bonds. The Labute approximate surface area is 141 Å². The van der Waals surface area contributed by atoms with Crippen molar-refractivity contribution in [3.05, 3.63) is 38.8 Å². The number of anilines is 1. The molecule has 0 saturated heterocycles. The van der Waals surface area contributed by atoms with Crippen molar-refractivity contribution in [3.63, 3.8) is 0 Å². The zero-order chi connectivity index (χ0) is 15.4. The first-order chi connectivity index (χ1) is 9.95. The summed E-state index contributed by atoms with van der Waals surface area (Å²) < 4.78 is 7.05. The van der Waals surface area contributed by atoms with Crippen LogP contribution in [-0.4, -0.2) is 18.1 Å². The van der Waals surface area contributed by atoms with E-state index in [4.69, 9.17) is 10.5 Å². The fourth-order valence-electron chi connectivity index (χ4n) is 2.30. The topological polar surface area (TPSA) is 64.3 Å². The summed E-state index contributed by atoms with van der Waals surface area (Å²) in [5.74, 6) is -0.234. The molecule has 0 bridgehead atoms. The van der Waals surface area contributed by atoms with Crippen LogP contribution in [0.4, 0.5) is 5.69 Å². The van der Waals surface area contributed by atoms with Crippen molar-refractivity contribution in [2.45, 2.75) is 38.5 Å². The van der Waals surface area contributed by atoms with Crippen LogP contribution in [0.2, 0.25) is 0 Å². The summed E-state index contributed by atoms with van der Waals surface area (Å²) in [5.41, 5.74) is 7.86. The Bertz CT molecular complexity index is 561. The molecule has 3 N–H and O–H groups in total. The molecule has 0 radical (unpaired) electrons. The number of esters is 1. The number of carbonyl (C=O) groups excluding carboxylic acids is 1. The van der Waals surface area contributed by atoms with Crippen LogP contribution in [0.3, 0.4) is 0 Å². The van der Waals surface area contributed by atoms with Crippen molar-refractivity contribution in [2.24, 2.45) is 0 Å². The molecule has 1 aliphatic carbocycles. The Balaban J connectivity index is 1.92. The highest BCUT2D eigenvalue weighted by atomic mass is 79.9. The van der Waals surface area contributed by atoms with Crippen molar-refractivity contribution in [1.82, 2.24) is 5.32 Å². The SMILES string of the molecule is CC(=O)O[C@@H]1C=C[C@@H](NCc2cc(Br)cc(Br)c2N)CC1. The molecule has 2 atom stereocenters. The largest absolute Gasteiger partial charge is 0.458 e. The Morgan fingerprint density at radius 2 is 2.14 bits per heavy atom. The Morgan fingerprint density at radius 1 is 1.38 bits per heavy atom. The molecule has 0 spiro atoms. The molecule has 21 heavy (non-hydrogen) atoms. The van der Waals surface area contributed by atoms with Gasteiger partial charge in [0, 0.05) is 28.5 Å². The second kappa shape index (κ2) is 7.42. The van der Waals surface area contributed by atoms with E-state index in [2.05, 4.69) is 43.3 Å². The van der Waals surface area contributed by atoms with Crippen LogP contribution >= 0.6 is 31.9 Å². The lowest BCUT2D eigenvalue weighted by Crippen LogP contribution is -2.32. The Hall–Kier alpha value is -0.850. The third kappa shape index (κ3) is 4.83. The maximum Gasteiger partial charge on any atom is 0.303 e. The van der Waals surface area contributed by atoms with Gasteiger partial charge in [-0.3, -0.25) is 4.79 Å². The van der Waals surface area contributed by atoms with Crippen LogP contribution < -0.4 is 11.1 Å². The van der Waals surface area contributed by atoms with Crippen LogP contribution in [0.25, 0.3) is 0 Å². The first-order valence-corrected chi connectivity index (χ1v) is 8.36. The molecule has 2 rings (SSSR count). The van der Waals surface area contributed by atoms with E-state index < -0.39 is 0 Å². The number of rotatable bonds is 4. The van der Waals surface area contributed by atoms with Gasteiger partial charge in [0.1, 0.15) is 6.10 Å². The number of ether oxygens (including phenoxy) is 1. The molecule has 0 fully saturated rings. The average molecular weight is 418 g/mol. The molecule has 4 nitrogen and oxygen atoms in total. The minimum Gasteiger partial charge on any atom is -0.458 e. The summed E-state index contributed by atoms with van der Waals surface area (Å²) in [6.07, 6.45) is 5.68. The van der Waals surface area contributed by atoms with Crippen molar-refractivity contribution >= 4 is 43.5 Å². The lowest BCUT2D eigenvalue weighted by atomic mass is 10.00. The number of nitrogens with two attached hydrogens (primary N) is 1. The molecule has 0 aromatic heterocycles. The summed E-state index contributed by atoms with van der Waals surface area (Å²) in [4.78, 5) is 10.9. The van der Waals surface area contributed by atoms with Gasteiger partial charge in [-0.25, -0.2) is 0 Å². The molecule has 6 heteroatoms. The number of hydrogen-bond donors (Lipinski definition) is 2. The summed E-state index contributed by atoms with van der Waals surface area (Å²) >= 11 is 6.92. The number of nitrogen functional groups attached to an aromatic ring is 1. The van der Waals surface area contributed by atoms with E-state index in [-0.39, 0.29) is 18.1 Å². The van der Waals surface area contributed by atoms with Crippen molar-refractivity contribution in [2.75, 3.05) is 5.73 Å². The van der Waals surface area contributed by atoms with E-state index in [1.165, 1.54) is 6.92 Å². The average Bonchev–Trinajstić information content (AvgIpc) is 2.42. The lowest BCUT2D eigenvalue weighted by molar-refractivity contribution is -0.144. The summed E-state index contributed by atoms with van der Waals surface area (Å²) in [5, 5.41) is 3.46. The van der Waals surface area contributed by atoms with Gasteiger partial charge in [-0.15, -0.1) is 0 Å². The molecule has 0 heterocycles. The molecule has 0 saturated carbocycles. The van der Waals surface area contributed by atoms with Gasteiger partial charge in [-0.1, -0.05) is 22.0 Å². The predicted molar refractivity (Wildman–Crippen MR) is 90.8 cm³/mol. The summed E-state index contributed by atoms with van der Waals surface area (Å²) in [7, 11) is 0. The van der Waals surface area contributed by atoms with E-state index in [9.17, 15) is 4.79 Å². The van der Waals surface area contributed by atoms with E-state index in [0.717, 1.165) is 33.0 Å². The highest BCUT2D eigenvalue weighted by Gasteiger charge is 2.17. The molecule has 1 aromatic rings. The van der Waals surface area contributed by atoms with E-state index >= 15 is 0 Å². The second-order valence-corrected chi connectivity index (χ2v) is 6.83. The van der Waals surface area contributed by atoms with Crippen LogP contribution in [0.1, 0.15) is 25.3 Å². The number of carbonyl (C=O) groups is 1. The maximum atomic E-state index is 10.9. The normalized spacial score (nSPS) is 21.3. The standard InChI is InChI=1S/C15H18Br2N2O2/c1-9(20)21-13-4-2-12(3-5-13)19-8-10-6-11(16)7-14(17)15(10)18/h2,4,6-7,12-13,19H,3,5,8,18H2,1H3/t12-,13-/m1/s1. The van der Waals surface area contributed by atoms with Gasteiger partial charge >= 0.3 is 5.97 Å². The fraction of sp³-hybridized carbons (Fsp3) is 0.400. The van der Waals surface area contributed by atoms with Crippen LogP contribution in [-0.2, 0) is 16.1 Å². The predicted octanol–water partition coefficient (Wildman–Crippen LogP) is 3.53. The third-order valence-electron chi connectivity index (χ3n) is 3.37. The minimum absolute atomic E-state index is 0.0920. The highest BCUT2D eigenvalue weighted by Crippen LogP contribution is 2.28. The van der Waals surface area contributed by atoms with Crippen LogP contribution in [0.15, 0.2) is 33.2 Å². The van der Waals surface area contributed by atoms with Gasteiger partial charge in [-0.05, 0) is 52.5 Å². The summed E-state index contributed by atoms with van der Waals surface area (Å²) in [6, 6.07) is 4.22. The molecule has 0 unspecified atom stereocenters. The molecule has 1 aromatic carbocycles. The van der Waals surface area contributed by atoms with Crippen molar-refractivity contribution < 1.29 is 9.53 Å². The van der Waals surface area contributed by atoms with Gasteiger partial charge in [0.05, 0.1) is 5.69 Å². The van der Waals surface area contributed by atoms with Crippen LogP contribution in [0, 0.1) is 0 Å². The minimum atomic E-state index is -0.234. The number of halogens is 2. The van der Waals surface area contributed by atoms with Gasteiger partial charge in [-0.2, -0.15) is 0 Å². The monoisotopic (exact) mass is 416 g/mol. The Morgan fingerprint density at radius 3 is 2.76 bits per heavy atom. The molecular formula is C15H18Br2N2O2. The van der Waals surface area contributed by atoms with Crippen LogP contribution in [0.5, 0.6) is 0 Å². The first-order valence-electron chi connectivity index (χ1n) is 6.78. The van der Waals surface area contributed by atoms with Crippen molar-refractivity contribution in [1.29, 1.82) is 0 Å². The molecular weight excluding hydrogens is 400 g/mol. The zero-order valence-corrected chi connectivity index (χ0v) is 14.9. The number of benzene rings is 1. The number of hydrogen-bond acceptors (Lipinski definition) is 4.